The Bertz CT molecular complexity index is 2490. The summed E-state index contributed by atoms with van der Waals surface area (Å²) < 4.78 is 6.81. The van der Waals surface area contributed by atoms with E-state index in [2.05, 4.69) is 204 Å². The van der Waals surface area contributed by atoms with E-state index in [9.17, 15) is 0 Å². The van der Waals surface area contributed by atoms with Gasteiger partial charge in [0.1, 0.15) is 11.2 Å². The molecular formula is C46H32N2O. The first kappa shape index (κ1) is 28.6. The molecule has 0 atom stereocenters. The van der Waals surface area contributed by atoms with Gasteiger partial charge in [0.25, 0.3) is 0 Å². The van der Waals surface area contributed by atoms with Crippen LogP contribution in [-0.4, -0.2) is 0 Å². The largest absolute Gasteiger partial charge is 0.456 e. The van der Waals surface area contributed by atoms with Gasteiger partial charge in [-0.05, 0) is 88.6 Å². The molecule has 0 saturated carbocycles. The zero-order chi connectivity index (χ0) is 32.6. The number of nitrogens with zero attached hydrogens (tertiary/aromatic N) is 2. The molecule has 9 rings (SSSR count). The Morgan fingerprint density at radius 3 is 1.39 bits per heavy atom. The van der Waals surface area contributed by atoms with E-state index in [1.54, 1.807) is 0 Å². The van der Waals surface area contributed by atoms with Gasteiger partial charge in [-0.25, -0.2) is 0 Å². The van der Waals surface area contributed by atoms with Crippen molar-refractivity contribution in [3.05, 3.63) is 194 Å². The molecule has 0 amide bonds. The first-order chi connectivity index (χ1) is 24.3. The second-order valence-electron chi connectivity index (χ2n) is 12.2. The summed E-state index contributed by atoms with van der Waals surface area (Å²) in [6.07, 6.45) is 0. The van der Waals surface area contributed by atoms with Crippen LogP contribution >= 0.6 is 0 Å². The normalized spacial score (nSPS) is 11.3. The SMILES string of the molecule is c1ccc(-c2ccc(N(c3ccccc3)c3cc(N(c4ccccc4)c4ccccc4)cc4oc5cc6ccccc6cc5c34)cc2)cc1. The van der Waals surface area contributed by atoms with Crippen LogP contribution in [0.1, 0.15) is 0 Å². The van der Waals surface area contributed by atoms with Crippen LogP contribution in [0, 0.1) is 0 Å². The van der Waals surface area contributed by atoms with Crippen LogP contribution < -0.4 is 9.80 Å². The number of fused-ring (bicyclic) bond motifs is 4. The number of anilines is 6. The third kappa shape index (κ3) is 5.28. The molecule has 0 saturated heterocycles. The van der Waals surface area contributed by atoms with E-state index in [-0.39, 0.29) is 0 Å². The lowest BCUT2D eigenvalue weighted by Gasteiger charge is -2.30. The molecule has 0 spiro atoms. The lowest BCUT2D eigenvalue weighted by Crippen LogP contribution is -2.13. The minimum absolute atomic E-state index is 0.830. The Hall–Kier alpha value is -6.58. The molecule has 232 valence electrons. The molecule has 0 N–H and O–H groups in total. The van der Waals surface area contributed by atoms with Gasteiger partial charge in [-0.1, -0.05) is 121 Å². The van der Waals surface area contributed by atoms with E-state index in [4.69, 9.17) is 4.42 Å². The molecule has 0 aliphatic rings. The topological polar surface area (TPSA) is 19.6 Å². The number of furan rings is 1. The predicted octanol–water partition coefficient (Wildman–Crippen LogP) is 13.3. The quantitative estimate of drug-likeness (QED) is 0.175. The molecule has 0 radical (unpaired) electrons. The summed E-state index contributed by atoms with van der Waals surface area (Å²) in [6, 6.07) is 68.5. The van der Waals surface area contributed by atoms with Crippen LogP contribution in [0.15, 0.2) is 199 Å². The fourth-order valence-electron chi connectivity index (χ4n) is 6.90. The van der Waals surface area contributed by atoms with Crippen LogP contribution in [-0.2, 0) is 0 Å². The summed E-state index contributed by atoms with van der Waals surface area (Å²) >= 11 is 0. The van der Waals surface area contributed by atoms with Crippen LogP contribution in [0.25, 0.3) is 43.8 Å². The molecule has 3 nitrogen and oxygen atoms in total. The second-order valence-corrected chi connectivity index (χ2v) is 12.2. The number of rotatable bonds is 7. The summed E-state index contributed by atoms with van der Waals surface area (Å²) in [7, 11) is 0. The maximum atomic E-state index is 6.81. The Morgan fingerprint density at radius 2 is 0.796 bits per heavy atom. The van der Waals surface area contributed by atoms with Gasteiger partial charge < -0.3 is 14.2 Å². The van der Waals surface area contributed by atoms with E-state index in [1.165, 1.54) is 16.5 Å². The van der Waals surface area contributed by atoms with E-state index in [0.717, 1.165) is 61.4 Å². The minimum atomic E-state index is 0.830. The van der Waals surface area contributed by atoms with E-state index < -0.39 is 0 Å². The van der Waals surface area contributed by atoms with Gasteiger partial charge in [-0.15, -0.1) is 0 Å². The fourth-order valence-corrected chi connectivity index (χ4v) is 6.90. The first-order valence-corrected chi connectivity index (χ1v) is 16.6. The molecule has 0 aliphatic carbocycles. The van der Waals surface area contributed by atoms with Gasteiger partial charge in [0.15, 0.2) is 0 Å². The molecule has 1 heterocycles. The van der Waals surface area contributed by atoms with Crippen LogP contribution in [0.5, 0.6) is 0 Å². The highest BCUT2D eigenvalue weighted by Crippen LogP contribution is 2.48. The highest BCUT2D eigenvalue weighted by atomic mass is 16.3. The lowest BCUT2D eigenvalue weighted by molar-refractivity contribution is 0.669. The smallest absolute Gasteiger partial charge is 0.139 e. The van der Waals surface area contributed by atoms with Crippen molar-refractivity contribution >= 4 is 66.8 Å². The van der Waals surface area contributed by atoms with Crippen LogP contribution in [0.2, 0.25) is 0 Å². The van der Waals surface area contributed by atoms with E-state index >= 15 is 0 Å². The molecule has 9 aromatic rings. The summed E-state index contributed by atoms with van der Waals surface area (Å²) in [4.78, 5) is 4.66. The molecule has 0 bridgehead atoms. The average molecular weight is 629 g/mol. The summed E-state index contributed by atoms with van der Waals surface area (Å²) in [5, 5.41) is 4.49. The monoisotopic (exact) mass is 628 g/mol. The van der Waals surface area contributed by atoms with Gasteiger partial charge in [-0.2, -0.15) is 0 Å². The van der Waals surface area contributed by atoms with Gasteiger partial charge in [0.05, 0.1) is 16.8 Å². The molecule has 3 heteroatoms. The summed E-state index contributed by atoms with van der Waals surface area (Å²) in [5.41, 5.74) is 10.4. The molecule has 1 aromatic heterocycles. The second kappa shape index (κ2) is 12.2. The molecule has 0 aliphatic heterocycles. The minimum Gasteiger partial charge on any atom is -0.456 e. The van der Waals surface area contributed by atoms with Gasteiger partial charge in [-0.3, -0.25) is 0 Å². The van der Waals surface area contributed by atoms with Crippen LogP contribution in [0.4, 0.5) is 34.1 Å². The van der Waals surface area contributed by atoms with Crippen molar-refractivity contribution in [3.8, 4) is 11.1 Å². The third-order valence-corrected chi connectivity index (χ3v) is 9.18. The van der Waals surface area contributed by atoms with Crippen molar-refractivity contribution in [1.82, 2.24) is 0 Å². The zero-order valence-electron chi connectivity index (χ0n) is 26.8. The highest BCUT2D eigenvalue weighted by Gasteiger charge is 2.24. The van der Waals surface area contributed by atoms with Gasteiger partial charge in [0, 0.05) is 34.2 Å². The molecule has 49 heavy (non-hydrogen) atoms. The Balaban J connectivity index is 1.34. The standard InChI is InChI=1S/C46H32N2O/c1-5-15-33(16-6-1)34-25-27-40(28-26-34)48(39-23-11-4-12-24-39)43-31-41(47(37-19-7-2-8-20-37)38-21-9-3-10-22-38)32-45-46(43)42-29-35-17-13-14-18-36(35)30-44(42)49-45/h1-32H. The van der Waals surface area contributed by atoms with Gasteiger partial charge >= 0.3 is 0 Å². The molecule has 0 unspecified atom stereocenters. The number of hydrogen-bond acceptors (Lipinski definition) is 3. The highest BCUT2D eigenvalue weighted by molar-refractivity contribution is 6.17. The van der Waals surface area contributed by atoms with Crippen LogP contribution in [0.3, 0.4) is 0 Å². The molecule has 0 fully saturated rings. The van der Waals surface area contributed by atoms with Crippen molar-refractivity contribution in [2.75, 3.05) is 9.80 Å². The number of para-hydroxylation sites is 3. The lowest BCUT2D eigenvalue weighted by atomic mass is 10.0. The number of hydrogen-bond donors (Lipinski definition) is 0. The number of benzene rings is 8. The van der Waals surface area contributed by atoms with Crippen molar-refractivity contribution in [1.29, 1.82) is 0 Å². The third-order valence-electron chi connectivity index (χ3n) is 9.18. The van der Waals surface area contributed by atoms with Crippen molar-refractivity contribution in [3.63, 3.8) is 0 Å². The van der Waals surface area contributed by atoms with Gasteiger partial charge in [0.2, 0.25) is 0 Å². The van der Waals surface area contributed by atoms with Crippen molar-refractivity contribution in [2.45, 2.75) is 0 Å². The average Bonchev–Trinajstić information content (AvgIpc) is 3.53. The molecular weight excluding hydrogens is 597 g/mol. The Kier molecular flexibility index (Phi) is 7.14. The Morgan fingerprint density at radius 1 is 0.327 bits per heavy atom. The van der Waals surface area contributed by atoms with E-state index in [1.807, 2.05) is 0 Å². The zero-order valence-corrected chi connectivity index (χ0v) is 26.8. The van der Waals surface area contributed by atoms with E-state index in [0.29, 0.717) is 0 Å². The van der Waals surface area contributed by atoms with Crippen molar-refractivity contribution < 1.29 is 4.42 Å². The Labute approximate surface area is 285 Å². The maximum absolute atomic E-state index is 6.81. The first-order valence-electron chi connectivity index (χ1n) is 16.6. The van der Waals surface area contributed by atoms with Crippen molar-refractivity contribution in [2.24, 2.45) is 0 Å². The fraction of sp³-hybridized carbons (Fsp3) is 0. The summed E-state index contributed by atoms with van der Waals surface area (Å²) in [6.45, 7) is 0. The maximum Gasteiger partial charge on any atom is 0.139 e. The predicted molar refractivity (Wildman–Crippen MR) is 206 cm³/mol. The molecule has 8 aromatic carbocycles. The summed E-state index contributed by atoms with van der Waals surface area (Å²) in [5.74, 6) is 0.